The second-order valence-electron chi connectivity index (χ2n) is 7.09. The van der Waals surface area contributed by atoms with E-state index in [2.05, 4.69) is 20.8 Å². The number of nitrogens with one attached hydrogen (secondary N) is 2. The molecule has 2 amide bonds. The molecule has 7 heteroatoms. The highest BCUT2D eigenvalue weighted by molar-refractivity contribution is 6.10. The Bertz CT molecular complexity index is 1330. The number of hydrogen-bond donors (Lipinski definition) is 3. The summed E-state index contributed by atoms with van der Waals surface area (Å²) in [5, 5.41) is 18.7. The standard InChI is InChI=1S/C25H20N4O3/c1-16(19-6-4-7-20(15-19)27-24(31)18-11-13-26-14-12-18)28-29-25(32)23-21-8-3-2-5-17(21)9-10-22(23)30/h2-15,30H,1H3,(H,27,31)(H,29,32)/b28-16+. The van der Waals surface area contributed by atoms with Gasteiger partial charge in [0.05, 0.1) is 11.3 Å². The van der Waals surface area contributed by atoms with E-state index >= 15 is 0 Å². The van der Waals surface area contributed by atoms with Crippen molar-refractivity contribution < 1.29 is 14.7 Å². The van der Waals surface area contributed by atoms with Gasteiger partial charge in [-0.15, -0.1) is 0 Å². The molecule has 0 saturated carbocycles. The molecule has 0 aliphatic carbocycles. The van der Waals surface area contributed by atoms with Crippen LogP contribution in [-0.4, -0.2) is 27.6 Å². The molecule has 3 aromatic carbocycles. The lowest BCUT2D eigenvalue weighted by atomic mass is 10.0. The van der Waals surface area contributed by atoms with Crippen molar-refractivity contribution >= 4 is 34.0 Å². The smallest absolute Gasteiger partial charge is 0.275 e. The van der Waals surface area contributed by atoms with Gasteiger partial charge in [0.2, 0.25) is 0 Å². The van der Waals surface area contributed by atoms with Crippen molar-refractivity contribution in [1.29, 1.82) is 0 Å². The van der Waals surface area contributed by atoms with E-state index in [4.69, 9.17) is 0 Å². The number of phenolic OH excluding ortho intramolecular Hbond substituents is 1. The second kappa shape index (κ2) is 9.09. The van der Waals surface area contributed by atoms with E-state index in [-0.39, 0.29) is 17.2 Å². The molecular formula is C25H20N4O3. The Balaban J connectivity index is 1.52. The molecule has 0 bridgehead atoms. The summed E-state index contributed by atoms with van der Waals surface area (Å²) in [5.74, 6) is -0.880. The van der Waals surface area contributed by atoms with Crippen molar-refractivity contribution in [1.82, 2.24) is 10.4 Å². The Morgan fingerprint density at radius 3 is 2.47 bits per heavy atom. The lowest BCUT2D eigenvalue weighted by Crippen LogP contribution is -2.20. The van der Waals surface area contributed by atoms with Crippen molar-refractivity contribution in [2.75, 3.05) is 5.32 Å². The molecule has 0 fully saturated rings. The normalized spacial score (nSPS) is 11.2. The van der Waals surface area contributed by atoms with Crippen molar-refractivity contribution in [3.8, 4) is 5.75 Å². The summed E-state index contributed by atoms with van der Waals surface area (Å²) >= 11 is 0. The van der Waals surface area contributed by atoms with Gasteiger partial charge in [-0.3, -0.25) is 14.6 Å². The third kappa shape index (κ3) is 4.46. The number of hydrogen-bond acceptors (Lipinski definition) is 5. The third-order valence-corrected chi connectivity index (χ3v) is 4.94. The summed E-state index contributed by atoms with van der Waals surface area (Å²) in [4.78, 5) is 29.0. The van der Waals surface area contributed by atoms with Crippen LogP contribution in [0, 0.1) is 0 Å². The van der Waals surface area contributed by atoms with Crippen LogP contribution in [0.25, 0.3) is 10.8 Å². The highest BCUT2D eigenvalue weighted by Crippen LogP contribution is 2.27. The van der Waals surface area contributed by atoms with Gasteiger partial charge in [0.1, 0.15) is 5.75 Å². The minimum Gasteiger partial charge on any atom is -0.507 e. The number of nitrogens with zero attached hydrogens (tertiary/aromatic N) is 2. The molecule has 158 valence electrons. The van der Waals surface area contributed by atoms with Crippen molar-refractivity contribution in [3.63, 3.8) is 0 Å². The molecule has 1 aromatic heterocycles. The second-order valence-corrected chi connectivity index (χ2v) is 7.09. The Morgan fingerprint density at radius 1 is 0.875 bits per heavy atom. The van der Waals surface area contributed by atoms with E-state index in [1.165, 1.54) is 6.07 Å². The van der Waals surface area contributed by atoms with Crippen LogP contribution in [-0.2, 0) is 0 Å². The fourth-order valence-corrected chi connectivity index (χ4v) is 3.28. The van der Waals surface area contributed by atoms with E-state index in [0.29, 0.717) is 22.3 Å². The highest BCUT2D eigenvalue weighted by Gasteiger charge is 2.15. The van der Waals surface area contributed by atoms with Gasteiger partial charge in [0.15, 0.2) is 0 Å². The Morgan fingerprint density at radius 2 is 1.66 bits per heavy atom. The van der Waals surface area contributed by atoms with Gasteiger partial charge in [-0.05, 0) is 53.6 Å². The molecule has 32 heavy (non-hydrogen) atoms. The van der Waals surface area contributed by atoms with Gasteiger partial charge in [0, 0.05) is 23.6 Å². The van der Waals surface area contributed by atoms with Gasteiger partial charge in [-0.25, -0.2) is 5.43 Å². The number of fused-ring (bicyclic) bond motifs is 1. The molecule has 0 spiro atoms. The van der Waals surface area contributed by atoms with E-state index in [9.17, 15) is 14.7 Å². The molecule has 7 nitrogen and oxygen atoms in total. The first kappa shape index (κ1) is 20.7. The summed E-state index contributed by atoms with van der Waals surface area (Å²) in [6.07, 6.45) is 3.11. The number of carbonyl (C=O) groups is 2. The van der Waals surface area contributed by atoms with E-state index in [1.807, 2.05) is 18.2 Å². The van der Waals surface area contributed by atoms with Crippen LogP contribution in [0.5, 0.6) is 5.75 Å². The number of hydrazone groups is 1. The first-order valence-electron chi connectivity index (χ1n) is 9.90. The fraction of sp³-hybridized carbons (Fsp3) is 0.0400. The lowest BCUT2D eigenvalue weighted by molar-refractivity contribution is 0.0953. The summed E-state index contributed by atoms with van der Waals surface area (Å²) in [5.41, 5.74) is 5.03. The largest absolute Gasteiger partial charge is 0.507 e. The number of phenols is 1. The minimum absolute atomic E-state index is 0.116. The zero-order valence-electron chi connectivity index (χ0n) is 17.2. The number of carbonyl (C=O) groups excluding carboxylic acids is 2. The van der Waals surface area contributed by atoms with Crippen molar-refractivity contribution in [2.24, 2.45) is 5.10 Å². The Labute approximate surface area is 184 Å². The molecule has 3 N–H and O–H groups in total. The Hall–Kier alpha value is -4.52. The minimum atomic E-state index is -0.513. The van der Waals surface area contributed by atoms with E-state index < -0.39 is 5.91 Å². The summed E-state index contributed by atoms with van der Waals surface area (Å²) in [6, 6.07) is 20.9. The molecule has 0 aliphatic heterocycles. The summed E-state index contributed by atoms with van der Waals surface area (Å²) in [6.45, 7) is 1.74. The van der Waals surface area contributed by atoms with Crippen LogP contribution in [0.1, 0.15) is 33.2 Å². The van der Waals surface area contributed by atoms with Gasteiger partial charge >= 0.3 is 0 Å². The van der Waals surface area contributed by atoms with E-state index in [0.717, 1.165) is 10.9 Å². The molecule has 0 saturated heterocycles. The number of pyridine rings is 1. The maximum absolute atomic E-state index is 12.7. The zero-order chi connectivity index (χ0) is 22.5. The molecule has 4 rings (SSSR count). The quantitative estimate of drug-likeness (QED) is 0.327. The van der Waals surface area contributed by atoms with Gasteiger partial charge in [-0.2, -0.15) is 5.10 Å². The Kier molecular flexibility index (Phi) is 5.89. The molecule has 0 unspecified atom stereocenters. The average molecular weight is 424 g/mol. The predicted octanol–water partition coefficient (Wildman–Crippen LogP) is 4.35. The number of benzene rings is 3. The van der Waals surface area contributed by atoms with Gasteiger partial charge in [0.25, 0.3) is 11.8 Å². The number of aromatic hydroxyl groups is 1. The maximum atomic E-state index is 12.7. The fourth-order valence-electron chi connectivity index (χ4n) is 3.28. The molecule has 0 aliphatic rings. The van der Waals surface area contributed by atoms with Crippen LogP contribution in [0.4, 0.5) is 5.69 Å². The summed E-state index contributed by atoms with van der Waals surface area (Å²) in [7, 11) is 0. The van der Waals surface area contributed by atoms with Crippen LogP contribution in [0.3, 0.4) is 0 Å². The molecule has 0 radical (unpaired) electrons. The topological polar surface area (TPSA) is 104 Å². The van der Waals surface area contributed by atoms with Crippen LogP contribution in [0.2, 0.25) is 0 Å². The number of aromatic nitrogens is 1. The molecule has 0 atom stereocenters. The number of amides is 2. The van der Waals surface area contributed by atoms with Crippen LogP contribution in [0.15, 0.2) is 90.3 Å². The van der Waals surface area contributed by atoms with E-state index in [1.54, 1.807) is 67.8 Å². The molecule has 4 aromatic rings. The highest BCUT2D eigenvalue weighted by atomic mass is 16.3. The average Bonchev–Trinajstić information content (AvgIpc) is 2.83. The SMILES string of the molecule is C/C(=N\NC(=O)c1c(O)ccc2ccccc12)c1cccc(NC(=O)c2ccncc2)c1. The lowest BCUT2D eigenvalue weighted by Gasteiger charge is -2.09. The predicted molar refractivity (Wildman–Crippen MR) is 124 cm³/mol. The third-order valence-electron chi connectivity index (χ3n) is 4.94. The van der Waals surface area contributed by atoms with Crippen molar-refractivity contribution in [2.45, 2.75) is 6.92 Å². The maximum Gasteiger partial charge on any atom is 0.275 e. The molecular weight excluding hydrogens is 404 g/mol. The first-order chi connectivity index (χ1) is 15.5. The zero-order valence-corrected chi connectivity index (χ0v) is 17.2. The number of anilines is 1. The molecule has 1 heterocycles. The van der Waals surface area contributed by atoms with Crippen LogP contribution >= 0.6 is 0 Å². The first-order valence-corrected chi connectivity index (χ1v) is 9.90. The van der Waals surface area contributed by atoms with Gasteiger partial charge < -0.3 is 10.4 Å². The number of rotatable bonds is 5. The van der Waals surface area contributed by atoms with Gasteiger partial charge in [-0.1, -0.05) is 42.5 Å². The summed E-state index contributed by atoms with van der Waals surface area (Å²) < 4.78 is 0. The van der Waals surface area contributed by atoms with Crippen molar-refractivity contribution in [3.05, 3.63) is 102 Å². The van der Waals surface area contributed by atoms with Crippen LogP contribution < -0.4 is 10.7 Å². The monoisotopic (exact) mass is 424 g/mol.